The molecule has 0 saturated carbocycles. The van der Waals surface area contributed by atoms with E-state index in [4.69, 9.17) is 4.74 Å². The Morgan fingerprint density at radius 2 is 1.87 bits per heavy atom. The number of sulfonamides is 1. The van der Waals surface area contributed by atoms with Crippen molar-refractivity contribution in [1.29, 1.82) is 0 Å². The van der Waals surface area contributed by atoms with Gasteiger partial charge in [-0.05, 0) is 55.2 Å². The highest BCUT2D eigenvalue weighted by Crippen LogP contribution is 2.30. The third-order valence-electron chi connectivity index (χ3n) is 4.45. The number of hydrogen-bond acceptors (Lipinski definition) is 5. The smallest absolute Gasteiger partial charge is 0.265 e. The van der Waals surface area contributed by atoms with Crippen LogP contribution in [0.25, 0.3) is 6.08 Å². The van der Waals surface area contributed by atoms with Crippen LogP contribution in [0, 0.1) is 12.8 Å². The van der Waals surface area contributed by atoms with Crippen LogP contribution < -0.4 is 14.8 Å². The summed E-state index contributed by atoms with van der Waals surface area (Å²) in [6, 6.07) is 9.40. The van der Waals surface area contributed by atoms with Gasteiger partial charge >= 0.3 is 0 Å². The van der Waals surface area contributed by atoms with Gasteiger partial charge in [-0.25, -0.2) is 8.42 Å². The summed E-state index contributed by atoms with van der Waals surface area (Å²) in [6.07, 6.45) is 0.480. The first-order valence-electron chi connectivity index (χ1n) is 9.60. The van der Waals surface area contributed by atoms with Crippen LogP contribution in [0.2, 0.25) is 0 Å². The predicted octanol–water partition coefficient (Wildman–Crippen LogP) is 3.79. The maximum atomic E-state index is 13.0. The molecule has 1 amide bonds. The Kier molecular flexibility index (Phi) is 7.64. The summed E-state index contributed by atoms with van der Waals surface area (Å²) >= 11 is 0. The van der Waals surface area contributed by atoms with Crippen molar-refractivity contribution >= 4 is 33.4 Å². The molecule has 162 valence electrons. The van der Waals surface area contributed by atoms with Gasteiger partial charge in [0.15, 0.2) is 0 Å². The second kappa shape index (κ2) is 9.77. The van der Waals surface area contributed by atoms with Crippen LogP contribution in [0.1, 0.15) is 31.9 Å². The van der Waals surface area contributed by atoms with Crippen LogP contribution in [0.3, 0.4) is 0 Å². The maximum absolute atomic E-state index is 13.0. The monoisotopic (exact) mass is 432 g/mol. The molecule has 30 heavy (non-hydrogen) atoms. The summed E-state index contributed by atoms with van der Waals surface area (Å²) in [5.41, 5.74) is 2.52. The highest BCUT2D eigenvalue weighted by atomic mass is 32.2. The topological polar surface area (TPSA) is 105 Å². The number of aliphatic hydroxyl groups excluding tert-OH is 1. The van der Waals surface area contributed by atoms with E-state index in [-0.39, 0.29) is 23.2 Å². The minimum atomic E-state index is -3.95. The van der Waals surface area contributed by atoms with Crippen LogP contribution in [-0.2, 0) is 14.8 Å². The van der Waals surface area contributed by atoms with E-state index in [1.54, 1.807) is 45.0 Å². The van der Waals surface area contributed by atoms with Crippen LogP contribution in [-0.4, -0.2) is 32.1 Å². The van der Waals surface area contributed by atoms with E-state index in [0.29, 0.717) is 11.4 Å². The lowest BCUT2D eigenvalue weighted by Gasteiger charge is -2.17. The summed E-state index contributed by atoms with van der Waals surface area (Å²) in [6.45, 7) is 11.1. The largest absolute Gasteiger partial charge is 0.492 e. The highest BCUT2D eigenvalue weighted by Gasteiger charge is 2.23. The summed E-state index contributed by atoms with van der Waals surface area (Å²) in [7, 11) is -3.95. The number of hydrogen-bond donors (Lipinski definition) is 3. The average molecular weight is 433 g/mol. The first-order valence-corrected chi connectivity index (χ1v) is 11.1. The van der Waals surface area contributed by atoms with Gasteiger partial charge in [-0.3, -0.25) is 9.52 Å². The maximum Gasteiger partial charge on any atom is 0.265 e. The number of rotatable bonds is 9. The molecule has 0 aromatic heterocycles. The summed E-state index contributed by atoms with van der Waals surface area (Å²) in [5.74, 6) is -0.731. The zero-order valence-corrected chi connectivity index (χ0v) is 18.4. The standard InChI is InChI=1S/C22H28N2O5S/c1-6-16-12-18(9-8-15(16)5)24-30(27,28)20-11-10-17(13-19(20)29-7-2)23-22(26)21(25)14(3)4/h6,8-14,21,24-25H,1,7H2,2-5H3,(H,23,26)/t21-/m0/s1. The zero-order chi connectivity index (χ0) is 22.5. The Hall–Kier alpha value is -2.84. The van der Waals surface area contributed by atoms with Gasteiger partial charge in [0.1, 0.15) is 16.7 Å². The van der Waals surface area contributed by atoms with Gasteiger partial charge in [0, 0.05) is 17.4 Å². The number of aryl methyl sites for hydroxylation is 1. The minimum Gasteiger partial charge on any atom is -0.492 e. The number of ether oxygens (including phenoxy) is 1. The summed E-state index contributed by atoms with van der Waals surface area (Å²) in [4.78, 5) is 12.0. The van der Waals surface area contributed by atoms with Gasteiger partial charge in [-0.1, -0.05) is 32.6 Å². The van der Waals surface area contributed by atoms with Crippen LogP contribution in [0.15, 0.2) is 47.9 Å². The molecule has 0 unspecified atom stereocenters. The third kappa shape index (κ3) is 5.61. The summed E-state index contributed by atoms with van der Waals surface area (Å²) in [5, 5.41) is 12.5. The number of carbonyl (C=O) groups excluding carboxylic acids is 1. The fraction of sp³-hybridized carbons (Fsp3) is 0.318. The molecule has 7 nitrogen and oxygen atoms in total. The van der Waals surface area contributed by atoms with Crippen molar-refractivity contribution in [3.8, 4) is 5.75 Å². The molecule has 2 rings (SSSR count). The number of carbonyl (C=O) groups is 1. The van der Waals surface area contributed by atoms with Crippen molar-refractivity contribution in [2.75, 3.05) is 16.6 Å². The lowest BCUT2D eigenvalue weighted by molar-refractivity contribution is -0.125. The molecule has 0 aliphatic carbocycles. The van der Waals surface area contributed by atoms with E-state index in [0.717, 1.165) is 11.1 Å². The Bertz CT molecular complexity index is 1030. The first-order chi connectivity index (χ1) is 14.1. The second-order valence-corrected chi connectivity index (χ2v) is 8.80. The molecule has 0 saturated heterocycles. The van der Waals surface area contributed by atoms with Crippen molar-refractivity contribution in [3.05, 3.63) is 54.1 Å². The van der Waals surface area contributed by atoms with Crippen molar-refractivity contribution in [2.45, 2.75) is 38.7 Å². The van der Waals surface area contributed by atoms with Gasteiger partial charge in [0.25, 0.3) is 15.9 Å². The molecule has 0 heterocycles. The number of anilines is 2. The zero-order valence-electron chi connectivity index (χ0n) is 17.6. The Labute approximate surface area is 177 Å². The molecular formula is C22H28N2O5S. The average Bonchev–Trinajstić information content (AvgIpc) is 2.68. The molecule has 0 bridgehead atoms. The van der Waals surface area contributed by atoms with Gasteiger partial charge in [-0.2, -0.15) is 0 Å². The number of nitrogens with one attached hydrogen (secondary N) is 2. The van der Waals surface area contributed by atoms with E-state index in [1.807, 2.05) is 6.92 Å². The van der Waals surface area contributed by atoms with Gasteiger partial charge in [0.05, 0.1) is 6.61 Å². The first kappa shape index (κ1) is 23.4. The Balaban J connectivity index is 2.35. The molecule has 3 N–H and O–H groups in total. The molecule has 0 fully saturated rings. The second-order valence-electron chi connectivity index (χ2n) is 7.15. The van der Waals surface area contributed by atoms with Crippen LogP contribution in [0.4, 0.5) is 11.4 Å². The van der Waals surface area contributed by atoms with E-state index >= 15 is 0 Å². The molecule has 0 spiro atoms. The molecule has 2 aromatic rings. The lowest BCUT2D eigenvalue weighted by Crippen LogP contribution is -2.31. The van der Waals surface area contributed by atoms with Crippen LogP contribution in [0.5, 0.6) is 5.75 Å². The van der Waals surface area contributed by atoms with Gasteiger partial charge in [0.2, 0.25) is 0 Å². The molecule has 0 aliphatic heterocycles. The molecule has 1 atom stereocenters. The van der Waals surface area contributed by atoms with Crippen molar-refractivity contribution in [1.82, 2.24) is 0 Å². The van der Waals surface area contributed by atoms with Crippen molar-refractivity contribution in [2.24, 2.45) is 5.92 Å². The quantitative estimate of drug-likeness (QED) is 0.559. The predicted molar refractivity (Wildman–Crippen MR) is 119 cm³/mol. The summed E-state index contributed by atoms with van der Waals surface area (Å²) < 4.78 is 34.0. The number of aliphatic hydroxyl groups is 1. The Morgan fingerprint density at radius 3 is 2.47 bits per heavy atom. The lowest BCUT2D eigenvalue weighted by atomic mass is 10.1. The third-order valence-corrected chi connectivity index (χ3v) is 5.87. The van der Waals surface area contributed by atoms with E-state index in [1.165, 1.54) is 18.2 Å². The molecular weight excluding hydrogens is 404 g/mol. The van der Waals surface area contributed by atoms with Crippen LogP contribution >= 0.6 is 0 Å². The number of benzene rings is 2. The molecule has 0 radical (unpaired) electrons. The SMILES string of the molecule is C=Cc1cc(NS(=O)(=O)c2ccc(NC(=O)[C@@H](O)C(C)C)cc2OCC)ccc1C. The van der Waals surface area contributed by atoms with Crippen molar-refractivity contribution in [3.63, 3.8) is 0 Å². The van der Waals surface area contributed by atoms with Gasteiger partial charge in [-0.15, -0.1) is 0 Å². The van der Waals surface area contributed by atoms with E-state index in [9.17, 15) is 18.3 Å². The van der Waals surface area contributed by atoms with E-state index in [2.05, 4.69) is 16.6 Å². The Morgan fingerprint density at radius 1 is 1.20 bits per heavy atom. The number of amides is 1. The van der Waals surface area contributed by atoms with Gasteiger partial charge < -0.3 is 15.2 Å². The van der Waals surface area contributed by atoms with E-state index < -0.39 is 22.0 Å². The molecule has 8 heteroatoms. The molecule has 0 aliphatic rings. The highest BCUT2D eigenvalue weighted by molar-refractivity contribution is 7.92. The minimum absolute atomic E-state index is 0.0625. The normalized spacial score (nSPS) is 12.3. The fourth-order valence-corrected chi connectivity index (χ4v) is 3.91. The molecule has 2 aromatic carbocycles. The van der Waals surface area contributed by atoms with Crippen molar-refractivity contribution < 1.29 is 23.1 Å². The fourth-order valence-electron chi connectivity index (χ4n) is 2.73.